The van der Waals surface area contributed by atoms with E-state index < -0.39 is 0 Å². The first-order valence-electron chi connectivity index (χ1n) is 7.06. The third-order valence-corrected chi connectivity index (χ3v) is 5.14. The van der Waals surface area contributed by atoms with E-state index in [-0.39, 0.29) is 5.54 Å². The van der Waals surface area contributed by atoms with Gasteiger partial charge in [-0.25, -0.2) is 4.98 Å². The van der Waals surface area contributed by atoms with E-state index in [4.69, 9.17) is 4.74 Å². The Bertz CT molecular complexity index is 421. The summed E-state index contributed by atoms with van der Waals surface area (Å²) in [5.41, 5.74) is -0.227. The Morgan fingerprint density at radius 2 is 2.11 bits per heavy atom. The number of aromatic nitrogens is 1. The Labute approximate surface area is 117 Å². The van der Waals surface area contributed by atoms with Crippen molar-refractivity contribution in [2.24, 2.45) is 0 Å². The molecule has 4 nitrogen and oxygen atoms in total. The van der Waals surface area contributed by atoms with E-state index in [1.165, 1.54) is 12.8 Å². The highest BCUT2D eigenvalue weighted by Crippen LogP contribution is 2.37. The van der Waals surface area contributed by atoms with Gasteiger partial charge in [-0.1, -0.05) is 12.8 Å². The zero-order chi connectivity index (χ0) is 13.1. The van der Waals surface area contributed by atoms with Crippen LogP contribution in [0.25, 0.3) is 0 Å². The van der Waals surface area contributed by atoms with Crippen LogP contribution in [-0.4, -0.2) is 47.5 Å². The molecule has 1 aromatic heterocycles. The van der Waals surface area contributed by atoms with Crippen molar-refractivity contribution >= 4 is 17.1 Å². The monoisotopic (exact) mass is 280 g/mol. The van der Waals surface area contributed by atoms with Crippen LogP contribution < -0.4 is 0 Å². The maximum absolute atomic E-state index is 12.8. The molecule has 0 amide bonds. The number of ether oxygens (including phenoxy) is 1. The first kappa shape index (κ1) is 13.2. The smallest absolute Gasteiger partial charge is 0.159 e. The van der Waals surface area contributed by atoms with Gasteiger partial charge in [-0.3, -0.25) is 9.69 Å². The molecule has 0 spiro atoms. The predicted molar refractivity (Wildman–Crippen MR) is 74.4 cm³/mol. The Kier molecular flexibility index (Phi) is 3.96. The summed E-state index contributed by atoms with van der Waals surface area (Å²) in [7, 11) is 0. The van der Waals surface area contributed by atoms with Gasteiger partial charge in [0.2, 0.25) is 0 Å². The molecule has 1 saturated carbocycles. The van der Waals surface area contributed by atoms with Crippen molar-refractivity contribution in [1.29, 1.82) is 0 Å². The van der Waals surface area contributed by atoms with Crippen molar-refractivity contribution in [3.05, 3.63) is 16.6 Å². The van der Waals surface area contributed by atoms with Crippen LogP contribution in [0, 0.1) is 0 Å². The summed E-state index contributed by atoms with van der Waals surface area (Å²) in [6, 6.07) is 0. The van der Waals surface area contributed by atoms with Crippen molar-refractivity contribution in [3.8, 4) is 0 Å². The molecule has 0 aromatic carbocycles. The summed E-state index contributed by atoms with van der Waals surface area (Å²) in [6.45, 7) is 3.30. The van der Waals surface area contributed by atoms with Gasteiger partial charge in [0, 0.05) is 24.7 Å². The minimum absolute atomic E-state index is 0.227. The minimum atomic E-state index is -0.227. The van der Waals surface area contributed by atoms with Crippen molar-refractivity contribution in [1.82, 2.24) is 9.88 Å². The van der Waals surface area contributed by atoms with Gasteiger partial charge >= 0.3 is 0 Å². The van der Waals surface area contributed by atoms with Crippen LogP contribution >= 0.6 is 11.3 Å². The molecule has 5 heteroatoms. The Hall–Kier alpha value is -0.780. The standard InChI is InChI=1S/C14H20N2O2S/c17-12(11-13-15-5-10-19-13)14(3-1-2-4-14)16-6-8-18-9-7-16/h5,10H,1-4,6-9,11H2. The maximum Gasteiger partial charge on any atom is 0.159 e. The zero-order valence-electron chi connectivity index (χ0n) is 11.1. The van der Waals surface area contributed by atoms with Crippen LogP contribution in [-0.2, 0) is 16.0 Å². The second-order valence-corrected chi connectivity index (χ2v) is 6.34. The fourth-order valence-electron chi connectivity index (χ4n) is 3.36. The summed E-state index contributed by atoms with van der Waals surface area (Å²) < 4.78 is 5.43. The number of thiazole rings is 1. The topological polar surface area (TPSA) is 42.4 Å². The highest BCUT2D eigenvalue weighted by molar-refractivity contribution is 7.09. The van der Waals surface area contributed by atoms with Crippen molar-refractivity contribution in [2.45, 2.75) is 37.6 Å². The van der Waals surface area contributed by atoms with Gasteiger partial charge in [0.1, 0.15) is 0 Å². The van der Waals surface area contributed by atoms with Crippen molar-refractivity contribution < 1.29 is 9.53 Å². The summed E-state index contributed by atoms with van der Waals surface area (Å²) >= 11 is 1.58. The highest BCUT2D eigenvalue weighted by atomic mass is 32.1. The largest absolute Gasteiger partial charge is 0.379 e. The van der Waals surface area contributed by atoms with Gasteiger partial charge in [-0.2, -0.15) is 0 Å². The molecule has 1 saturated heterocycles. The molecule has 0 bridgehead atoms. The SMILES string of the molecule is O=C(Cc1nccs1)C1(N2CCOCC2)CCCC1. The quantitative estimate of drug-likeness (QED) is 0.845. The van der Waals surface area contributed by atoms with E-state index >= 15 is 0 Å². The van der Waals surface area contributed by atoms with Gasteiger partial charge in [-0.15, -0.1) is 11.3 Å². The lowest BCUT2D eigenvalue weighted by Crippen LogP contribution is -2.57. The van der Waals surface area contributed by atoms with Gasteiger partial charge in [-0.05, 0) is 12.8 Å². The number of rotatable bonds is 4. The average Bonchev–Trinajstić information content (AvgIpc) is 3.11. The predicted octanol–water partition coefficient (Wildman–Crippen LogP) is 1.90. The van der Waals surface area contributed by atoms with E-state index in [0.29, 0.717) is 12.2 Å². The molecule has 0 atom stereocenters. The van der Waals surface area contributed by atoms with Crippen LogP contribution in [0.1, 0.15) is 30.7 Å². The van der Waals surface area contributed by atoms with Crippen LogP contribution in [0.3, 0.4) is 0 Å². The second-order valence-electron chi connectivity index (χ2n) is 5.36. The van der Waals surface area contributed by atoms with Crippen LogP contribution in [0.15, 0.2) is 11.6 Å². The zero-order valence-corrected chi connectivity index (χ0v) is 12.0. The molecule has 1 aliphatic carbocycles. The number of Topliss-reactive ketones (excluding diaryl/α,β-unsaturated/α-hetero) is 1. The normalized spacial score (nSPS) is 23.6. The molecule has 2 fully saturated rings. The van der Waals surface area contributed by atoms with Crippen LogP contribution in [0.2, 0.25) is 0 Å². The molecule has 0 unspecified atom stereocenters. The molecule has 0 radical (unpaired) electrons. The Balaban J connectivity index is 1.77. The Morgan fingerprint density at radius 3 is 2.74 bits per heavy atom. The lowest BCUT2D eigenvalue weighted by Gasteiger charge is -2.42. The summed E-state index contributed by atoms with van der Waals surface area (Å²) in [6.07, 6.45) is 6.63. The lowest BCUT2D eigenvalue weighted by atomic mass is 9.87. The molecule has 2 heterocycles. The first-order chi connectivity index (χ1) is 9.31. The highest BCUT2D eigenvalue weighted by Gasteiger charge is 2.45. The summed E-state index contributed by atoms with van der Waals surface area (Å²) in [5, 5.41) is 2.89. The molecule has 0 N–H and O–H groups in total. The first-order valence-corrected chi connectivity index (χ1v) is 7.94. The Morgan fingerprint density at radius 1 is 1.37 bits per heavy atom. The van der Waals surface area contributed by atoms with E-state index in [1.807, 2.05) is 5.38 Å². The van der Waals surface area contributed by atoms with Gasteiger partial charge < -0.3 is 4.74 Å². The number of carbonyl (C=O) groups excluding carboxylic acids is 1. The number of ketones is 1. The van der Waals surface area contributed by atoms with E-state index in [2.05, 4.69) is 9.88 Å². The number of morpholine rings is 1. The third-order valence-electron chi connectivity index (χ3n) is 4.36. The van der Waals surface area contributed by atoms with Gasteiger partial charge in [0.15, 0.2) is 5.78 Å². The fraction of sp³-hybridized carbons (Fsp3) is 0.714. The molecule has 104 valence electrons. The number of carbonyl (C=O) groups is 1. The lowest BCUT2D eigenvalue weighted by molar-refractivity contribution is -0.133. The van der Waals surface area contributed by atoms with Gasteiger partial charge in [0.05, 0.1) is 30.2 Å². The minimum Gasteiger partial charge on any atom is -0.379 e. The molecule has 3 rings (SSSR count). The molecular formula is C14H20N2O2S. The van der Waals surface area contributed by atoms with Crippen LogP contribution in [0.5, 0.6) is 0 Å². The van der Waals surface area contributed by atoms with Crippen molar-refractivity contribution in [2.75, 3.05) is 26.3 Å². The fourth-order valence-corrected chi connectivity index (χ4v) is 3.98. The number of hydrogen-bond donors (Lipinski definition) is 0. The van der Waals surface area contributed by atoms with Gasteiger partial charge in [0.25, 0.3) is 0 Å². The van der Waals surface area contributed by atoms with E-state index in [0.717, 1.165) is 44.2 Å². The molecular weight excluding hydrogens is 260 g/mol. The third kappa shape index (κ3) is 2.59. The summed E-state index contributed by atoms with van der Waals surface area (Å²) in [5.74, 6) is 0.363. The maximum atomic E-state index is 12.8. The molecule has 2 aliphatic rings. The summed E-state index contributed by atoms with van der Waals surface area (Å²) in [4.78, 5) is 19.5. The molecule has 1 aromatic rings. The average molecular weight is 280 g/mol. The van der Waals surface area contributed by atoms with Crippen molar-refractivity contribution in [3.63, 3.8) is 0 Å². The van der Waals surface area contributed by atoms with E-state index in [1.54, 1.807) is 17.5 Å². The molecule has 1 aliphatic heterocycles. The number of hydrogen-bond acceptors (Lipinski definition) is 5. The molecule has 19 heavy (non-hydrogen) atoms. The number of nitrogens with zero attached hydrogens (tertiary/aromatic N) is 2. The second kappa shape index (κ2) is 5.69. The van der Waals surface area contributed by atoms with E-state index in [9.17, 15) is 4.79 Å². The van der Waals surface area contributed by atoms with Crippen LogP contribution in [0.4, 0.5) is 0 Å².